The van der Waals surface area contributed by atoms with Crippen LogP contribution in [-0.2, 0) is 5.75 Å². The lowest BCUT2D eigenvalue weighted by molar-refractivity contribution is 0.425. The minimum atomic E-state index is -0.179. The van der Waals surface area contributed by atoms with Gasteiger partial charge in [0.2, 0.25) is 0 Å². The van der Waals surface area contributed by atoms with E-state index >= 15 is 0 Å². The van der Waals surface area contributed by atoms with E-state index in [1.165, 1.54) is 21.7 Å². The lowest BCUT2D eigenvalue weighted by Crippen LogP contribution is -2.29. The minimum absolute atomic E-state index is 0.179. The molecule has 1 N–H and O–H groups in total. The highest BCUT2D eigenvalue weighted by molar-refractivity contribution is 7.98. The largest absolute Gasteiger partial charge is 0.378 e. The maximum atomic E-state index is 13.4. The van der Waals surface area contributed by atoms with Crippen LogP contribution < -0.4 is 5.32 Å². The molecule has 3 aromatic carbocycles. The molecule has 0 saturated heterocycles. The Kier molecular flexibility index (Phi) is 4.69. The molecular weight excluding hydrogens is 365 g/mol. The van der Waals surface area contributed by atoms with Gasteiger partial charge in [0.1, 0.15) is 5.82 Å². The van der Waals surface area contributed by atoms with Crippen LogP contribution >= 0.6 is 11.8 Å². The summed E-state index contributed by atoms with van der Waals surface area (Å²) in [5.74, 6) is 1.70. The van der Waals surface area contributed by atoms with Crippen molar-refractivity contribution in [3.05, 3.63) is 107 Å². The van der Waals surface area contributed by atoms with Gasteiger partial charge in [0, 0.05) is 22.3 Å². The second kappa shape index (κ2) is 7.48. The monoisotopic (exact) mass is 387 g/mol. The Balaban J connectivity index is 1.41. The first-order valence-corrected chi connectivity index (χ1v) is 10.8. The Labute approximate surface area is 169 Å². The average Bonchev–Trinajstić information content (AvgIpc) is 3.23. The fourth-order valence-corrected chi connectivity index (χ4v) is 5.28. The molecule has 2 aliphatic rings. The van der Waals surface area contributed by atoms with Crippen molar-refractivity contribution in [1.29, 1.82) is 0 Å². The number of hydrogen-bond donors (Lipinski definition) is 1. The molecule has 3 unspecified atom stereocenters. The van der Waals surface area contributed by atoms with E-state index in [0.717, 1.165) is 17.7 Å². The van der Waals surface area contributed by atoms with Crippen molar-refractivity contribution in [3.8, 4) is 0 Å². The van der Waals surface area contributed by atoms with E-state index in [4.69, 9.17) is 0 Å². The van der Waals surface area contributed by atoms with Crippen LogP contribution in [0, 0.1) is 11.7 Å². The third-order valence-electron chi connectivity index (χ3n) is 5.81. The van der Waals surface area contributed by atoms with Gasteiger partial charge in [0.25, 0.3) is 0 Å². The highest BCUT2D eigenvalue weighted by Crippen LogP contribution is 2.50. The molecule has 1 aliphatic carbocycles. The van der Waals surface area contributed by atoms with Gasteiger partial charge in [0.15, 0.2) is 0 Å². The SMILES string of the molecule is Fc1ccc(C2Nc3ccc(CSc4ccccc4)cc3C3C=CCC32)cc1. The molecule has 0 radical (unpaired) electrons. The minimum Gasteiger partial charge on any atom is -0.378 e. The molecule has 5 rings (SSSR count). The van der Waals surface area contributed by atoms with Crippen LogP contribution in [0.5, 0.6) is 0 Å². The summed E-state index contributed by atoms with van der Waals surface area (Å²) in [6.45, 7) is 0. The number of allylic oxidation sites excluding steroid dienone is 2. The van der Waals surface area contributed by atoms with E-state index in [9.17, 15) is 4.39 Å². The fraction of sp³-hybridized carbons (Fsp3) is 0.200. The van der Waals surface area contributed by atoms with Crippen molar-refractivity contribution in [2.45, 2.75) is 29.0 Å². The Hall–Kier alpha value is -2.52. The van der Waals surface area contributed by atoms with E-state index in [-0.39, 0.29) is 11.9 Å². The average molecular weight is 388 g/mol. The summed E-state index contributed by atoms with van der Waals surface area (Å²) in [6, 6.07) is 24.5. The molecule has 3 aromatic rings. The predicted octanol–water partition coefficient (Wildman–Crippen LogP) is 6.94. The maximum Gasteiger partial charge on any atom is 0.123 e. The van der Waals surface area contributed by atoms with Crippen LogP contribution in [0.3, 0.4) is 0 Å². The maximum absolute atomic E-state index is 13.4. The Morgan fingerprint density at radius 1 is 0.964 bits per heavy atom. The predicted molar refractivity (Wildman–Crippen MR) is 115 cm³/mol. The first-order valence-electron chi connectivity index (χ1n) is 9.77. The van der Waals surface area contributed by atoms with Crippen molar-refractivity contribution in [2.24, 2.45) is 5.92 Å². The second-order valence-corrected chi connectivity index (χ2v) is 8.60. The standard InChI is InChI=1S/C25H22FNS/c26-19-12-10-18(11-13-19)25-22-8-4-7-21(22)23-15-17(9-14-24(23)27-25)16-28-20-5-2-1-3-6-20/h1-7,9-15,21-22,25,27H,8,16H2. The molecule has 1 nitrogen and oxygen atoms in total. The van der Waals surface area contributed by atoms with Crippen LogP contribution in [0.25, 0.3) is 0 Å². The molecular formula is C25H22FNS. The van der Waals surface area contributed by atoms with Gasteiger partial charge in [-0.05, 0) is 59.4 Å². The third kappa shape index (κ3) is 3.35. The smallest absolute Gasteiger partial charge is 0.123 e. The summed E-state index contributed by atoms with van der Waals surface area (Å²) in [5.41, 5.74) is 5.11. The van der Waals surface area contributed by atoms with Crippen LogP contribution in [0.4, 0.5) is 10.1 Å². The molecule has 0 saturated carbocycles. The summed E-state index contributed by atoms with van der Waals surface area (Å²) < 4.78 is 13.4. The fourth-order valence-electron chi connectivity index (χ4n) is 4.42. The molecule has 0 bridgehead atoms. The zero-order chi connectivity index (χ0) is 18.9. The molecule has 0 spiro atoms. The molecule has 1 heterocycles. The second-order valence-electron chi connectivity index (χ2n) is 7.55. The van der Waals surface area contributed by atoms with Crippen molar-refractivity contribution in [1.82, 2.24) is 0 Å². The van der Waals surface area contributed by atoms with E-state index in [1.54, 1.807) is 12.1 Å². The number of benzene rings is 3. The van der Waals surface area contributed by atoms with Gasteiger partial charge in [-0.15, -0.1) is 11.8 Å². The van der Waals surface area contributed by atoms with Gasteiger partial charge in [-0.2, -0.15) is 0 Å². The number of anilines is 1. The molecule has 3 atom stereocenters. The molecule has 0 aromatic heterocycles. The number of fused-ring (bicyclic) bond motifs is 3. The molecule has 3 heteroatoms. The van der Waals surface area contributed by atoms with Crippen molar-refractivity contribution < 1.29 is 4.39 Å². The van der Waals surface area contributed by atoms with Crippen LogP contribution in [0.1, 0.15) is 35.1 Å². The molecule has 28 heavy (non-hydrogen) atoms. The molecule has 0 fully saturated rings. The zero-order valence-corrected chi connectivity index (χ0v) is 16.3. The number of thioether (sulfide) groups is 1. The van der Waals surface area contributed by atoms with Gasteiger partial charge in [-0.25, -0.2) is 4.39 Å². The topological polar surface area (TPSA) is 12.0 Å². The van der Waals surface area contributed by atoms with Gasteiger partial charge in [-0.1, -0.05) is 54.6 Å². The van der Waals surface area contributed by atoms with Gasteiger partial charge >= 0.3 is 0 Å². The number of halogens is 1. The zero-order valence-electron chi connectivity index (χ0n) is 15.5. The van der Waals surface area contributed by atoms with Crippen molar-refractivity contribution in [3.63, 3.8) is 0 Å². The summed E-state index contributed by atoms with van der Waals surface area (Å²) in [7, 11) is 0. The van der Waals surface area contributed by atoms with Crippen LogP contribution in [-0.4, -0.2) is 0 Å². The van der Waals surface area contributed by atoms with Gasteiger partial charge < -0.3 is 5.32 Å². The van der Waals surface area contributed by atoms with Crippen LogP contribution in [0.2, 0.25) is 0 Å². The quantitative estimate of drug-likeness (QED) is 0.384. The van der Waals surface area contributed by atoms with Crippen molar-refractivity contribution >= 4 is 17.4 Å². The van der Waals surface area contributed by atoms with Crippen LogP contribution in [0.15, 0.2) is 89.8 Å². The van der Waals surface area contributed by atoms with E-state index in [1.807, 2.05) is 23.9 Å². The first-order chi connectivity index (χ1) is 13.8. The summed E-state index contributed by atoms with van der Waals surface area (Å²) in [6.07, 6.45) is 5.71. The summed E-state index contributed by atoms with van der Waals surface area (Å²) in [5, 5.41) is 3.74. The Bertz CT molecular complexity index is 997. The van der Waals surface area contributed by atoms with Gasteiger partial charge in [0.05, 0.1) is 6.04 Å². The lowest BCUT2D eigenvalue weighted by Gasteiger charge is -2.37. The summed E-state index contributed by atoms with van der Waals surface area (Å²) in [4.78, 5) is 1.30. The molecule has 0 amide bonds. The number of hydrogen-bond acceptors (Lipinski definition) is 2. The highest BCUT2D eigenvalue weighted by atomic mass is 32.2. The normalized spacial score (nSPS) is 22.4. The molecule has 1 aliphatic heterocycles. The Morgan fingerprint density at radius 3 is 2.61 bits per heavy atom. The molecule has 140 valence electrons. The lowest BCUT2D eigenvalue weighted by atomic mass is 9.76. The van der Waals surface area contributed by atoms with Crippen molar-refractivity contribution in [2.75, 3.05) is 5.32 Å². The van der Waals surface area contributed by atoms with E-state index < -0.39 is 0 Å². The summed E-state index contributed by atoms with van der Waals surface area (Å²) >= 11 is 1.87. The van der Waals surface area contributed by atoms with E-state index in [2.05, 4.69) is 66.0 Å². The third-order valence-corrected chi connectivity index (χ3v) is 6.89. The number of rotatable bonds is 4. The first kappa shape index (κ1) is 17.6. The van der Waals surface area contributed by atoms with Gasteiger partial charge in [-0.3, -0.25) is 0 Å². The number of nitrogens with one attached hydrogen (secondary N) is 1. The van der Waals surface area contributed by atoms with E-state index in [0.29, 0.717) is 11.8 Å². The Morgan fingerprint density at radius 2 is 1.79 bits per heavy atom. The highest BCUT2D eigenvalue weighted by Gasteiger charge is 2.37.